The van der Waals surface area contributed by atoms with Gasteiger partial charge in [-0.05, 0) is 49.8 Å². The Balaban J connectivity index is 1.80. The molecule has 2 amide bonds. The van der Waals surface area contributed by atoms with E-state index in [0.717, 1.165) is 28.8 Å². The molecule has 0 aliphatic carbocycles. The summed E-state index contributed by atoms with van der Waals surface area (Å²) in [6.07, 6.45) is 4.98. The number of hydrogen-bond donors (Lipinski definition) is 2. The molecule has 4 rings (SSSR count). The summed E-state index contributed by atoms with van der Waals surface area (Å²) >= 11 is 0. The summed E-state index contributed by atoms with van der Waals surface area (Å²) in [6, 6.07) is 12.4. The number of rotatable bonds is 9. The summed E-state index contributed by atoms with van der Waals surface area (Å²) in [4.78, 5) is 50.2. The average molecular weight is 517 g/mol. The lowest BCUT2D eigenvalue weighted by atomic mass is 10.0. The standard InChI is InChI=1S/C28H28N4O6/c1-4-5-14-29-25(33)24-22(26(34)32(30-24)20-12-10-18(11-13-20)27(35)36)15-19-16-31(17(2)28(37)38-3)23-9-7-6-8-21(19)23/h6-13,15-17H,4-5,14H2,1-3H3,(H,29,33)(H,35,36)/b22-15-. The van der Waals surface area contributed by atoms with Crippen LogP contribution in [-0.4, -0.2) is 52.8 Å². The quantitative estimate of drug-likeness (QED) is 0.253. The van der Waals surface area contributed by atoms with Gasteiger partial charge in [0.25, 0.3) is 11.8 Å². The Kier molecular flexibility index (Phi) is 7.71. The van der Waals surface area contributed by atoms with E-state index in [2.05, 4.69) is 10.4 Å². The number of aromatic carboxylic acids is 1. The number of benzene rings is 2. The van der Waals surface area contributed by atoms with Crippen LogP contribution >= 0.6 is 0 Å². The number of nitrogens with one attached hydrogen (secondary N) is 1. The number of carboxylic acids is 1. The maximum atomic E-state index is 13.6. The zero-order chi connectivity index (χ0) is 27.4. The summed E-state index contributed by atoms with van der Waals surface area (Å²) in [7, 11) is 1.32. The topological polar surface area (TPSA) is 130 Å². The number of aromatic nitrogens is 1. The number of ether oxygens (including phenoxy) is 1. The van der Waals surface area contributed by atoms with Gasteiger partial charge in [0.05, 0.1) is 23.9 Å². The SMILES string of the molecule is CCCCNC(=O)C1=NN(c2ccc(C(=O)O)cc2)C(=O)/C1=C\c1cn(C(C)C(=O)OC)c2ccccc12. The van der Waals surface area contributed by atoms with Crippen molar-refractivity contribution in [2.45, 2.75) is 32.7 Å². The van der Waals surface area contributed by atoms with Crippen molar-refractivity contribution < 1.29 is 29.0 Å². The molecule has 0 spiro atoms. The van der Waals surface area contributed by atoms with Crippen LogP contribution in [0.3, 0.4) is 0 Å². The lowest BCUT2D eigenvalue weighted by Gasteiger charge is -2.12. The molecule has 2 heterocycles. The van der Waals surface area contributed by atoms with Crippen molar-refractivity contribution in [2.24, 2.45) is 5.10 Å². The molecule has 1 aliphatic rings. The van der Waals surface area contributed by atoms with Crippen LogP contribution in [0.4, 0.5) is 5.69 Å². The number of nitrogens with zero attached hydrogens (tertiary/aromatic N) is 3. The number of carboxylic acid groups (broad SMARTS) is 1. The number of carbonyl (C=O) groups excluding carboxylic acids is 3. The first kappa shape index (κ1) is 26.3. The van der Waals surface area contributed by atoms with Crippen molar-refractivity contribution in [1.82, 2.24) is 9.88 Å². The van der Waals surface area contributed by atoms with Crippen LogP contribution in [0.15, 0.2) is 65.4 Å². The number of esters is 1. The summed E-state index contributed by atoms with van der Waals surface area (Å²) in [5.74, 6) is -2.54. The smallest absolute Gasteiger partial charge is 0.335 e. The van der Waals surface area contributed by atoms with E-state index in [-0.39, 0.29) is 16.8 Å². The minimum Gasteiger partial charge on any atom is -0.478 e. The average Bonchev–Trinajstić information content (AvgIpc) is 3.46. The molecular weight excluding hydrogens is 488 g/mol. The van der Waals surface area contributed by atoms with Gasteiger partial charge in [0.2, 0.25) is 0 Å². The van der Waals surface area contributed by atoms with Gasteiger partial charge in [0.15, 0.2) is 5.71 Å². The third-order valence-corrected chi connectivity index (χ3v) is 6.30. The fourth-order valence-corrected chi connectivity index (χ4v) is 4.20. The maximum absolute atomic E-state index is 13.6. The van der Waals surface area contributed by atoms with E-state index in [9.17, 15) is 24.3 Å². The molecule has 0 bridgehead atoms. The molecule has 1 aromatic heterocycles. The van der Waals surface area contributed by atoms with Gasteiger partial charge in [-0.25, -0.2) is 9.59 Å². The number of anilines is 1. The third-order valence-electron chi connectivity index (χ3n) is 6.30. The molecule has 10 heteroatoms. The van der Waals surface area contributed by atoms with Crippen LogP contribution in [0.25, 0.3) is 17.0 Å². The minimum atomic E-state index is -1.10. The molecule has 10 nitrogen and oxygen atoms in total. The monoisotopic (exact) mass is 516 g/mol. The van der Waals surface area contributed by atoms with Crippen molar-refractivity contribution in [2.75, 3.05) is 18.7 Å². The van der Waals surface area contributed by atoms with Crippen LogP contribution in [0, 0.1) is 0 Å². The zero-order valence-corrected chi connectivity index (χ0v) is 21.3. The molecule has 1 atom stereocenters. The fourth-order valence-electron chi connectivity index (χ4n) is 4.20. The lowest BCUT2D eigenvalue weighted by molar-refractivity contribution is -0.143. The predicted molar refractivity (Wildman–Crippen MR) is 143 cm³/mol. The maximum Gasteiger partial charge on any atom is 0.335 e. The number of unbranched alkanes of at least 4 members (excludes halogenated alkanes) is 1. The van der Waals surface area contributed by atoms with Crippen LogP contribution in [0.1, 0.15) is 48.7 Å². The molecule has 0 saturated carbocycles. The Morgan fingerprint density at radius 2 is 1.84 bits per heavy atom. The van der Waals surface area contributed by atoms with Crippen molar-refractivity contribution in [3.05, 3.63) is 71.4 Å². The molecule has 0 radical (unpaired) electrons. The van der Waals surface area contributed by atoms with Crippen molar-refractivity contribution in [3.8, 4) is 0 Å². The number of hydrogen-bond acceptors (Lipinski definition) is 6. The fraction of sp³-hybridized carbons (Fsp3) is 0.250. The van der Waals surface area contributed by atoms with Crippen molar-refractivity contribution >= 4 is 52.1 Å². The van der Waals surface area contributed by atoms with Gasteiger partial charge < -0.3 is 19.7 Å². The van der Waals surface area contributed by atoms with Crippen LogP contribution in [0.2, 0.25) is 0 Å². The summed E-state index contributed by atoms with van der Waals surface area (Å²) in [5, 5.41) is 18.2. The highest BCUT2D eigenvalue weighted by molar-refractivity contribution is 6.55. The first-order valence-electron chi connectivity index (χ1n) is 12.2. The zero-order valence-electron chi connectivity index (χ0n) is 21.3. The number of para-hydroxylation sites is 1. The Bertz CT molecular complexity index is 1470. The van der Waals surface area contributed by atoms with Gasteiger partial charge in [0, 0.05) is 29.2 Å². The first-order chi connectivity index (χ1) is 18.3. The third kappa shape index (κ3) is 5.06. The van der Waals surface area contributed by atoms with Gasteiger partial charge >= 0.3 is 11.9 Å². The predicted octanol–water partition coefficient (Wildman–Crippen LogP) is 3.78. The van der Waals surface area contributed by atoms with Crippen LogP contribution < -0.4 is 10.3 Å². The van der Waals surface area contributed by atoms with E-state index in [4.69, 9.17) is 4.74 Å². The van der Waals surface area contributed by atoms with Crippen molar-refractivity contribution in [1.29, 1.82) is 0 Å². The van der Waals surface area contributed by atoms with E-state index in [0.29, 0.717) is 17.8 Å². The van der Waals surface area contributed by atoms with Crippen LogP contribution in [0.5, 0.6) is 0 Å². The lowest BCUT2D eigenvalue weighted by Crippen LogP contribution is -2.32. The van der Waals surface area contributed by atoms with E-state index >= 15 is 0 Å². The highest BCUT2D eigenvalue weighted by Gasteiger charge is 2.35. The van der Waals surface area contributed by atoms with Crippen LogP contribution in [-0.2, 0) is 19.1 Å². The summed E-state index contributed by atoms with van der Waals surface area (Å²) in [5.41, 5.74) is 1.79. The summed E-state index contributed by atoms with van der Waals surface area (Å²) in [6.45, 7) is 4.15. The van der Waals surface area contributed by atoms with Gasteiger partial charge in [-0.15, -0.1) is 0 Å². The highest BCUT2D eigenvalue weighted by Crippen LogP contribution is 2.30. The summed E-state index contributed by atoms with van der Waals surface area (Å²) < 4.78 is 6.67. The van der Waals surface area contributed by atoms with Crippen molar-refractivity contribution in [3.63, 3.8) is 0 Å². The Morgan fingerprint density at radius 1 is 1.13 bits per heavy atom. The highest BCUT2D eigenvalue weighted by atomic mass is 16.5. The second kappa shape index (κ2) is 11.1. The molecule has 1 unspecified atom stereocenters. The molecule has 0 saturated heterocycles. The molecule has 3 aromatic rings. The molecule has 0 fully saturated rings. The molecule has 2 N–H and O–H groups in total. The van der Waals surface area contributed by atoms with E-state index in [1.807, 2.05) is 31.2 Å². The number of methoxy groups -OCH3 is 1. The first-order valence-corrected chi connectivity index (χ1v) is 12.2. The normalized spacial score (nSPS) is 15.0. The molecule has 196 valence electrons. The van der Waals surface area contributed by atoms with Gasteiger partial charge in [-0.3, -0.25) is 9.59 Å². The molecule has 2 aromatic carbocycles. The van der Waals surface area contributed by atoms with E-state index in [1.165, 1.54) is 31.4 Å². The number of carbonyl (C=O) groups is 4. The molecule has 1 aliphatic heterocycles. The second-order valence-corrected chi connectivity index (χ2v) is 8.79. The van der Waals surface area contributed by atoms with E-state index in [1.54, 1.807) is 23.8 Å². The minimum absolute atomic E-state index is 0.0498. The van der Waals surface area contributed by atoms with Gasteiger partial charge in [-0.2, -0.15) is 10.1 Å². The Hall–Kier alpha value is -4.73. The Labute approximate surface area is 219 Å². The number of fused-ring (bicyclic) bond motifs is 1. The molecule has 38 heavy (non-hydrogen) atoms. The largest absolute Gasteiger partial charge is 0.478 e. The van der Waals surface area contributed by atoms with Gasteiger partial charge in [0.1, 0.15) is 6.04 Å². The number of amides is 2. The molecular formula is C28H28N4O6. The van der Waals surface area contributed by atoms with Gasteiger partial charge in [-0.1, -0.05) is 31.5 Å². The Morgan fingerprint density at radius 3 is 2.50 bits per heavy atom. The second-order valence-electron chi connectivity index (χ2n) is 8.79. The number of hydrazone groups is 1. The van der Waals surface area contributed by atoms with E-state index < -0.39 is 29.8 Å².